The Labute approximate surface area is 155 Å². The summed E-state index contributed by atoms with van der Waals surface area (Å²) in [7, 11) is 0. The van der Waals surface area contributed by atoms with Crippen molar-refractivity contribution in [3.05, 3.63) is 52.7 Å². The molecule has 2 aromatic rings. The third-order valence-corrected chi connectivity index (χ3v) is 4.54. The predicted octanol–water partition coefficient (Wildman–Crippen LogP) is 3.07. The topological polar surface area (TPSA) is 75.7 Å². The van der Waals surface area contributed by atoms with Gasteiger partial charge in [-0.15, -0.1) is 0 Å². The minimum atomic E-state index is -0.589. The zero-order valence-electron chi connectivity index (χ0n) is 14.0. The van der Waals surface area contributed by atoms with Gasteiger partial charge in [0.1, 0.15) is 0 Å². The highest BCUT2D eigenvalue weighted by molar-refractivity contribution is 7.08. The van der Waals surface area contributed by atoms with E-state index in [9.17, 15) is 14.4 Å². The van der Waals surface area contributed by atoms with Crippen molar-refractivity contribution < 1.29 is 19.1 Å². The van der Waals surface area contributed by atoms with Crippen molar-refractivity contribution in [1.29, 1.82) is 0 Å². The number of esters is 1. The Morgan fingerprint density at radius 2 is 2.12 bits per heavy atom. The zero-order chi connectivity index (χ0) is 18.4. The normalized spacial score (nSPS) is 14.0. The number of benzene rings is 1. The molecule has 0 radical (unpaired) electrons. The van der Waals surface area contributed by atoms with Crippen LogP contribution in [0.1, 0.15) is 18.4 Å². The fraction of sp³-hybridized carbons (Fsp3) is 0.211. The molecule has 0 spiro atoms. The van der Waals surface area contributed by atoms with Crippen LogP contribution in [0.15, 0.2) is 47.2 Å². The lowest BCUT2D eigenvalue weighted by atomic mass is 10.2. The molecule has 0 atom stereocenters. The monoisotopic (exact) mass is 370 g/mol. The van der Waals surface area contributed by atoms with Gasteiger partial charge in [0.15, 0.2) is 6.61 Å². The maximum Gasteiger partial charge on any atom is 0.331 e. The van der Waals surface area contributed by atoms with E-state index in [0.29, 0.717) is 24.3 Å². The van der Waals surface area contributed by atoms with E-state index in [1.165, 1.54) is 17.4 Å². The maximum absolute atomic E-state index is 12.1. The molecule has 0 bridgehead atoms. The van der Waals surface area contributed by atoms with Crippen molar-refractivity contribution in [1.82, 2.24) is 0 Å². The second-order valence-corrected chi connectivity index (χ2v) is 6.49. The highest BCUT2D eigenvalue weighted by atomic mass is 32.1. The fourth-order valence-electron chi connectivity index (χ4n) is 2.62. The average Bonchev–Trinajstić information content (AvgIpc) is 3.30. The molecular weight excluding hydrogens is 352 g/mol. The van der Waals surface area contributed by atoms with Gasteiger partial charge in [0.2, 0.25) is 5.91 Å². The van der Waals surface area contributed by atoms with E-state index in [0.717, 1.165) is 12.0 Å². The first-order chi connectivity index (χ1) is 12.6. The van der Waals surface area contributed by atoms with Crippen LogP contribution in [0.5, 0.6) is 0 Å². The Morgan fingerprint density at radius 1 is 1.27 bits per heavy atom. The predicted molar refractivity (Wildman–Crippen MR) is 101 cm³/mol. The molecule has 0 unspecified atom stereocenters. The first-order valence-electron chi connectivity index (χ1n) is 8.20. The van der Waals surface area contributed by atoms with E-state index in [1.807, 2.05) is 22.9 Å². The second-order valence-electron chi connectivity index (χ2n) is 5.71. The minimum absolute atomic E-state index is 0.0386. The summed E-state index contributed by atoms with van der Waals surface area (Å²) in [6.07, 6.45) is 4.22. The Morgan fingerprint density at radius 3 is 2.85 bits per heavy atom. The van der Waals surface area contributed by atoms with Gasteiger partial charge in [0.25, 0.3) is 5.91 Å². The number of ether oxygens (including phenoxy) is 1. The van der Waals surface area contributed by atoms with Crippen LogP contribution in [0, 0.1) is 0 Å². The Bertz CT molecular complexity index is 830. The first kappa shape index (κ1) is 17.9. The van der Waals surface area contributed by atoms with Crippen LogP contribution in [0.25, 0.3) is 6.08 Å². The summed E-state index contributed by atoms with van der Waals surface area (Å²) >= 11 is 1.53. The standard InChI is InChI=1S/C19H18N2O4S/c22-17(12-25-19(24)8-7-14-9-11-26-13-14)20-15-4-1-2-5-16(15)21-10-3-6-18(21)23/h1-2,4-5,7-9,11,13H,3,6,10,12H2,(H,20,22)/b8-7+. The number of carbonyl (C=O) groups excluding carboxylic acids is 3. The van der Waals surface area contributed by atoms with Crippen LogP contribution >= 0.6 is 11.3 Å². The third kappa shape index (κ3) is 4.58. The number of nitrogens with zero attached hydrogens (tertiary/aromatic N) is 1. The summed E-state index contributed by atoms with van der Waals surface area (Å²) in [6.45, 7) is 0.239. The summed E-state index contributed by atoms with van der Waals surface area (Å²) in [4.78, 5) is 37.4. The molecule has 6 nitrogen and oxygen atoms in total. The van der Waals surface area contributed by atoms with Gasteiger partial charge in [-0.25, -0.2) is 4.79 Å². The van der Waals surface area contributed by atoms with Crippen molar-refractivity contribution >= 4 is 46.6 Å². The van der Waals surface area contributed by atoms with Gasteiger partial charge >= 0.3 is 5.97 Å². The lowest BCUT2D eigenvalue weighted by molar-refractivity contribution is -0.142. The molecule has 1 fully saturated rings. The number of carbonyl (C=O) groups is 3. The van der Waals surface area contributed by atoms with E-state index in [-0.39, 0.29) is 5.91 Å². The molecule has 1 N–H and O–H groups in total. The van der Waals surface area contributed by atoms with E-state index < -0.39 is 18.5 Å². The van der Waals surface area contributed by atoms with Crippen molar-refractivity contribution in [3.63, 3.8) is 0 Å². The highest BCUT2D eigenvalue weighted by Crippen LogP contribution is 2.29. The summed E-state index contributed by atoms with van der Waals surface area (Å²) in [5.74, 6) is -1.01. The van der Waals surface area contributed by atoms with Crippen molar-refractivity contribution in [3.8, 4) is 0 Å². The molecule has 1 saturated heterocycles. The van der Waals surface area contributed by atoms with Gasteiger partial charge in [-0.2, -0.15) is 11.3 Å². The summed E-state index contributed by atoms with van der Waals surface area (Å²) < 4.78 is 4.95. The number of anilines is 2. The minimum Gasteiger partial charge on any atom is -0.452 e. The third-order valence-electron chi connectivity index (χ3n) is 3.84. The van der Waals surface area contributed by atoms with E-state index in [1.54, 1.807) is 29.2 Å². The smallest absolute Gasteiger partial charge is 0.331 e. The lowest BCUT2D eigenvalue weighted by Gasteiger charge is -2.19. The number of thiophene rings is 1. The molecule has 1 aliphatic rings. The first-order valence-corrected chi connectivity index (χ1v) is 9.14. The number of nitrogens with one attached hydrogen (secondary N) is 1. The van der Waals surface area contributed by atoms with Gasteiger partial charge < -0.3 is 15.0 Å². The summed E-state index contributed by atoms with van der Waals surface area (Å²) in [5.41, 5.74) is 2.09. The highest BCUT2D eigenvalue weighted by Gasteiger charge is 2.24. The number of amides is 2. The number of rotatable bonds is 6. The molecule has 134 valence electrons. The van der Waals surface area contributed by atoms with Gasteiger partial charge in [-0.1, -0.05) is 12.1 Å². The number of hydrogen-bond acceptors (Lipinski definition) is 5. The molecular formula is C19H18N2O4S. The molecule has 2 heterocycles. The molecule has 3 rings (SSSR count). The SMILES string of the molecule is O=C(COC(=O)/C=C/c1ccsc1)Nc1ccccc1N1CCCC1=O. The average molecular weight is 370 g/mol. The molecule has 1 aromatic heterocycles. The molecule has 1 aliphatic heterocycles. The van der Waals surface area contributed by atoms with Crippen molar-refractivity contribution in [2.45, 2.75) is 12.8 Å². The van der Waals surface area contributed by atoms with Gasteiger partial charge in [-0.05, 0) is 47.0 Å². The second kappa shape index (κ2) is 8.44. The van der Waals surface area contributed by atoms with Crippen molar-refractivity contribution in [2.75, 3.05) is 23.4 Å². The fourth-order valence-corrected chi connectivity index (χ4v) is 3.25. The van der Waals surface area contributed by atoms with Gasteiger partial charge in [-0.3, -0.25) is 9.59 Å². The Kier molecular flexibility index (Phi) is 5.80. The van der Waals surface area contributed by atoms with Crippen LogP contribution in [0.4, 0.5) is 11.4 Å². The molecule has 26 heavy (non-hydrogen) atoms. The zero-order valence-corrected chi connectivity index (χ0v) is 14.8. The van der Waals surface area contributed by atoms with Crippen molar-refractivity contribution in [2.24, 2.45) is 0 Å². The van der Waals surface area contributed by atoms with E-state index >= 15 is 0 Å². The van der Waals surface area contributed by atoms with Crippen LogP contribution in [-0.2, 0) is 19.1 Å². The molecule has 0 aliphatic carbocycles. The lowest BCUT2D eigenvalue weighted by Crippen LogP contribution is -2.26. The van der Waals surface area contributed by atoms with Crippen LogP contribution in [0.3, 0.4) is 0 Å². The van der Waals surface area contributed by atoms with Crippen LogP contribution < -0.4 is 10.2 Å². The molecule has 2 amide bonds. The van der Waals surface area contributed by atoms with E-state index in [2.05, 4.69) is 5.32 Å². The van der Waals surface area contributed by atoms with Crippen LogP contribution in [-0.4, -0.2) is 30.9 Å². The molecule has 7 heteroatoms. The van der Waals surface area contributed by atoms with Gasteiger partial charge in [0.05, 0.1) is 11.4 Å². The molecule has 1 aromatic carbocycles. The number of para-hydroxylation sites is 2. The van der Waals surface area contributed by atoms with Crippen LogP contribution in [0.2, 0.25) is 0 Å². The summed E-state index contributed by atoms with van der Waals surface area (Å²) in [5, 5.41) is 6.50. The number of hydrogen-bond donors (Lipinski definition) is 1. The maximum atomic E-state index is 12.1. The Hall–Kier alpha value is -2.93. The van der Waals surface area contributed by atoms with Gasteiger partial charge in [0, 0.05) is 19.0 Å². The molecule has 0 saturated carbocycles. The van der Waals surface area contributed by atoms with E-state index in [4.69, 9.17) is 4.74 Å². The largest absolute Gasteiger partial charge is 0.452 e. The quantitative estimate of drug-likeness (QED) is 0.626. The Balaban J connectivity index is 1.55. The summed E-state index contributed by atoms with van der Waals surface area (Å²) in [6, 6.07) is 8.96.